The molecule has 2 aromatic carbocycles. The van der Waals surface area contributed by atoms with E-state index in [4.69, 9.17) is 0 Å². The first-order valence-corrected chi connectivity index (χ1v) is 8.58. The SMILES string of the molecule is Cc1ccc(NC(=O)CSCC(=O)Nc2ccccc2)cc1[N+](=O)[O-]. The van der Waals surface area contributed by atoms with Crippen molar-refractivity contribution < 1.29 is 14.5 Å². The Bertz CT molecular complexity index is 781. The quantitative estimate of drug-likeness (QED) is 0.584. The molecule has 0 bridgehead atoms. The molecule has 0 aromatic heterocycles. The van der Waals surface area contributed by atoms with Crippen molar-refractivity contribution in [2.75, 3.05) is 22.1 Å². The van der Waals surface area contributed by atoms with E-state index in [-0.39, 0.29) is 29.0 Å². The lowest BCUT2D eigenvalue weighted by Gasteiger charge is -2.07. The lowest BCUT2D eigenvalue weighted by Crippen LogP contribution is -2.18. The van der Waals surface area contributed by atoms with Gasteiger partial charge >= 0.3 is 0 Å². The molecule has 2 rings (SSSR count). The summed E-state index contributed by atoms with van der Waals surface area (Å²) in [5, 5.41) is 16.2. The number of thioether (sulfide) groups is 1. The molecule has 0 unspecified atom stereocenters. The molecule has 0 heterocycles. The Labute approximate surface area is 149 Å². The van der Waals surface area contributed by atoms with Crippen LogP contribution in [-0.2, 0) is 9.59 Å². The smallest absolute Gasteiger partial charge is 0.274 e. The summed E-state index contributed by atoms with van der Waals surface area (Å²) in [5.41, 5.74) is 1.53. The van der Waals surface area contributed by atoms with Crippen LogP contribution in [0.1, 0.15) is 5.56 Å². The summed E-state index contributed by atoms with van der Waals surface area (Å²) in [7, 11) is 0. The second-order valence-electron chi connectivity index (χ2n) is 5.21. The molecule has 0 radical (unpaired) electrons. The summed E-state index contributed by atoms with van der Waals surface area (Å²) in [5.74, 6) is -0.314. The molecular weight excluding hydrogens is 342 g/mol. The van der Waals surface area contributed by atoms with Crippen LogP contribution >= 0.6 is 11.8 Å². The van der Waals surface area contributed by atoms with Crippen molar-refractivity contribution in [1.29, 1.82) is 0 Å². The Balaban J connectivity index is 1.78. The van der Waals surface area contributed by atoms with E-state index in [0.717, 1.165) is 11.8 Å². The lowest BCUT2D eigenvalue weighted by molar-refractivity contribution is -0.385. The van der Waals surface area contributed by atoms with Crippen LogP contribution in [0.15, 0.2) is 48.5 Å². The van der Waals surface area contributed by atoms with Gasteiger partial charge in [-0.2, -0.15) is 0 Å². The third-order valence-corrected chi connectivity index (χ3v) is 4.15. The highest BCUT2D eigenvalue weighted by atomic mass is 32.2. The van der Waals surface area contributed by atoms with Crippen LogP contribution in [0, 0.1) is 17.0 Å². The molecule has 0 atom stereocenters. The molecule has 130 valence electrons. The summed E-state index contributed by atoms with van der Waals surface area (Å²) in [4.78, 5) is 34.1. The van der Waals surface area contributed by atoms with Crippen LogP contribution in [-0.4, -0.2) is 28.2 Å². The minimum Gasteiger partial charge on any atom is -0.325 e. The van der Waals surface area contributed by atoms with Gasteiger partial charge in [0.1, 0.15) is 0 Å². The fourth-order valence-electron chi connectivity index (χ4n) is 2.04. The zero-order valence-corrected chi connectivity index (χ0v) is 14.3. The standard InChI is InChI=1S/C17H17N3O4S/c1-12-7-8-14(9-15(12)20(23)24)19-17(22)11-25-10-16(21)18-13-5-3-2-4-6-13/h2-9H,10-11H2,1H3,(H,18,21)(H,19,22). The molecule has 2 amide bonds. The number of anilines is 2. The van der Waals surface area contributed by atoms with Crippen molar-refractivity contribution in [3.8, 4) is 0 Å². The van der Waals surface area contributed by atoms with Crippen molar-refractivity contribution >= 4 is 40.6 Å². The van der Waals surface area contributed by atoms with Crippen LogP contribution in [0.2, 0.25) is 0 Å². The second-order valence-corrected chi connectivity index (χ2v) is 6.20. The van der Waals surface area contributed by atoms with E-state index < -0.39 is 4.92 Å². The van der Waals surface area contributed by atoms with Gasteiger partial charge in [0.2, 0.25) is 11.8 Å². The summed E-state index contributed by atoms with van der Waals surface area (Å²) >= 11 is 1.16. The summed E-state index contributed by atoms with van der Waals surface area (Å²) in [6.07, 6.45) is 0. The number of nitro benzene ring substituents is 1. The van der Waals surface area contributed by atoms with Crippen molar-refractivity contribution in [1.82, 2.24) is 0 Å². The maximum absolute atomic E-state index is 11.9. The molecule has 0 fully saturated rings. The minimum atomic E-state index is -0.492. The van der Waals surface area contributed by atoms with Crippen molar-refractivity contribution in [2.24, 2.45) is 0 Å². The maximum atomic E-state index is 11.9. The second kappa shape index (κ2) is 8.84. The normalized spacial score (nSPS) is 10.1. The van der Waals surface area contributed by atoms with E-state index in [1.807, 2.05) is 18.2 Å². The average Bonchev–Trinajstić information content (AvgIpc) is 2.57. The molecule has 0 spiro atoms. The Hall–Kier alpha value is -2.87. The molecule has 0 aliphatic carbocycles. The Morgan fingerprint density at radius 3 is 2.20 bits per heavy atom. The summed E-state index contributed by atoms with van der Waals surface area (Å²) in [6.45, 7) is 1.63. The first kappa shape index (κ1) is 18.5. The van der Waals surface area contributed by atoms with Gasteiger partial charge in [0.25, 0.3) is 5.69 Å². The van der Waals surface area contributed by atoms with Gasteiger partial charge in [0, 0.05) is 23.0 Å². The molecule has 8 heteroatoms. The number of benzene rings is 2. The summed E-state index contributed by atoms with van der Waals surface area (Å²) < 4.78 is 0. The number of amides is 2. The van der Waals surface area contributed by atoms with Crippen LogP contribution < -0.4 is 10.6 Å². The molecule has 7 nitrogen and oxygen atoms in total. The number of para-hydroxylation sites is 1. The van der Waals surface area contributed by atoms with E-state index in [2.05, 4.69) is 10.6 Å². The first-order chi connectivity index (χ1) is 12.0. The van der Waals surface area contributed by atoms with Gasteiger partial charge in [-0.25, -0.2) is 0 Å². The third kappa shape index (κ3) is 5.92. The number of carbonyl (C=O) groups excluding carboxylic acids is 2. The van der Waals surface area contributed by atoms with Gasteiger partial charge in [0.15, 0.2) is 0 Å². The van der Waals surface area contributed by atoms with E-state index >= 15 is 0 Å². The van der Waals surface area contributed by atoms with E-state index in [0.29, 0.717) is 16.9 Å². The predicted octanol–water partition coefficient (Wildman–Crippen LogP) is 3.21. The van der Waals surface area contributed by atoms with Crippen LogP contribution in [0.4, 0.5) is 17.1 Å². The number of aryl methyl sites for hydroxylation is 1. The van der Waals surface area contributed by atoms with Crippen LogP contribution in [0.25, 0.3) is 0 Å². The van der Waals surface area contributed by atoms with Gasteiger partial charge < -0.3 is 10.6 Å². The molecule has 2 N–H and O–H groups in total. The monoisotopic (exact) mass is 359 g/mol. The fourth-order valence-corrected chi connectivity index (χ4v) is 2.65. The highest BCUT2D eigenvalue weighted by Crippen LogP contribution is 2.22. The van der Waals surface area contributed by atoms with Gasteiger partial charge in [-0.05, 0) is 25.1 Å². The summed E-state index contributed by atoms with van der Waals surface area (Å²) in [6, 6.07) is 13.5. The van der Waals surface area contributed by atoms with Gasteiger partial charge in [0.05, 0.1) is 16.4 Å². The highest BCUT2D eigenvalue weighted by Gasteiger charge is 2.12. The zero-order valence-electron chi connectivity index (χ0n) is 13.5. The molecule has 0 saturated heterocycles. The number of hydrogen-bond acceptors (Lipinski definition) is 5. The van der Waals surface area contributed by atoms with Crippen molar-refractivity contribution in [3.63, 3.8) is 0 Å². The highest BCUT2D eigenvalue weighted by molar-refractivity contribution is 8.00. The average molecular weight is 359 g/mol. The van der Waals surface area contributed by atoms with E-state index in [1.165, 1.54) is 6.07 Å². The van der Waals surface area contributed by atoms with Crippen molar-refractivity contribution in [3.05, 3.63) is 64.2 Å². The van der Waals surface area contributed by atoms with Gasteiger partial charge in [-0.1, -0.05) is 24.3 Å². The van der Waals surface area contributed by atoms with Gasteiger partial charge in [-0.3, -0.25) is 19.7 Å². The number of hydrogen-bond donors (Lipinski definition) is 2. The van der Waals surface area contributed by atoms with Crippen LogP contribution in [0.3, 0.4) is 0 Å². The molecular formula is C17H17N3O4S. The molecule has 0 saturated carbocycles. The number of carbonyl (C=O) groups is 2. The molecule has 0 aliphatic heterocycles. The predicted molar refractivity (Wildman–Crippen MR) is 98.9 cm³/mol. The minimum absolute atomic E-state index is 0.0484. The molecule has 25 heavy (non-hydrogen) atoms. The van der Waals surface area contributed by atoms with Gasteiger partial charge in [-0.15, -0.1) is 11.8 Å². The number of nitrogens with one attached hydrogen (secondary N) is 2. The lowest BCUT2D eigenvalue weighted by atomic mass is 10.2. The topological polar surface area (TPSA) is 101 Å². The Kier molecular flexibility index (Phi) is 6.53. The number of nitrogens with zero attached hydrogens (tertiary/aromatic N) is 1. The Morgan fingerprint density at radius 1 is 1.00 bits per heavy atom. The number of rotatable bonds is 7. The van der Waals surface area contributed by atoms with Crippen molar-refractivity contribution in [2.45, 2.75) is 6.92 Å². The van der Waals surface area contributed by atoms with E-state index in [9.17, 15) is 19.7 Å². The van der Waals surface area contributed by atoms with Crippen LogP contribution in [0.5, 0.6) is 0 Å². The first-order valence-electron chi connectivity index (χ1n) is 7.43. The number of nitro groups is 1. The molecule has 0 aliphatic rings. The maximum Gasteiger partial charge on any atom is 0.274 e. The largest absolute Gasteiger partial charge is 0.325 e. The molecule has 2 aromatic rings. The third-order valence-electron chi connectivity index (χ3n) is 3.21. The Morgan fingerprint density at radius 2 is 1.60 bits per heavy atom. The fraction of sp³-hybridized carbons (Fsp3) is 0.176. The zero-order chi connectivity index (χ0) is 18.2. The van der Waals surface area contributed by atoms with E-state index in [1.54, 1.807) is 31.2 Å².